The van der Waals surface area contributed by atoms with Crippen LogP contribution in [0.15, 0.2) is 0 Å². The molecule has 14 heavy (non-hydrogen) atoms. The van der Waals surface area contributed by atoms with E-state index in [-0.39, 0.29) is 29.9 Å². The third-order valence-electron chi connectivity index (χ3n) is 2.97. The minimum atomic E-state index is -0.397. The smallest absolute Gasteiger partial charge is 0.309 e. The summed E-state index contributed by atoms with van der Waals surface area (Å²) < 4.78 is 4.80. The van der Waals surface area contributed by atoms with Crippen LogP contribution in [0.3, 0.4) is 0 Å². The van der Waals surface area contributed by atoms with E-state index in [0.29, 0.717) is 25.9 Å². The molecule has 0 spiro atoms. The molecule has 0 amide bonds. The fourth-order valence-corrected chi connectivity index (χ4v) is 2.15. The Morgan fingerprint density at radius 3 is 2.50 bits per heavy atom. The van der Waals surface area contributed by atoms with Crippen molar-refractivity contribution in [3.05, 3.63) is 0 Å². The van der Waals surface area contributed by atoms with E-state index in [0.717, 1.165) is 0 Å². The monoisotopic (exact) mass is 196 g/mol. The molecule has 1 aliphatic carbocycles. The van der Waals surface area contributed by atoms with E-state index in [1.165, 1.54) is 0 Å². The number of ether oxygens (including phenoxy) is 1. The standard InChI is InChI=1S/C10H12O4/c11-6-1-2-9(12)8(5-6)7-3-4-14-10(7)13/h7-8H,1-5H2. The zero-order chi connectivity index (χ0) is 10.1. The fourth-order valence-electron chi connectivity index (χ4n) is 2.15. The molecule has 1 aliphatic heterocycles. The van der Waals surface area contributed by atoms with Crippen molar-refractivity contribution in [2.45, 2.75) is 25.7 Å². The molecule has 2 rings (SSSR count). The van der Waals surface area contributed by atoms with Gasteiger partial charge in [0.15, 0.2) is 0 Å². The number of ketones is 2. The molecule has 1 saturated heterocycles. The summed E-state index contributed by atoms with van der Waals surface area (Å²) in [4.78, 5) is 33.9. The van der Waals surface area contributed by atoms with Crippen LogP contribution in [-0.4, -0.2) is 24.1 Å². The van der Waals surface area contributed by atoms with Gasteiger partial charge in [-0.15, -0.1) is 0 Å². The number of carbonyl (C=O) groups is 3. The molecule has 2 unspecified atom stereocenters. The highest BCUT2D eigenvalue weighted by atomic mass is 16.5. The molecule has 0 N–H and O–H groups in total. The summed E-state index contributed by atoms with van der Waals surface area (Å²) in [5, 5.41) is 0. The van der Waals surface area contributed by atoms with Gasteiger partial charge < -0.3 is 4.74 Å². The summed E-state index contributed by atoms with van der Waals surface area (Å²) in [6.07, 6.45) is 1.46. The lowest BCUT2D eigenvalue weighted by atomic mass is 9.78. The zero-order valence-electron chi connectivity index (χ0n) is 7.82. The van der Waals surface area contributed by atoms with E-state index in [4.69, 9.17) is 4.74 Å². The van der Waals surface area contributed by atoms with Gasteiger partial charge in [-0.2, -0.15) is 0 Å². The van der Waals surface area contributed by atoms with Crippen molar-refractivity contribution in [2.24, 2.45) is 11.8 Å². The van der Waals surface area contributed by atoms with E-state index in [1.54, 1.807) is 0 Å². The third kappa shape index (κ3) is 1.56. The van der Waals surface area contributed by atoms with Gasteiger partial charge in [0.25, 0.3) is 0 Å². The van der Waals surface area contributed by atoms with Crippen LogP contribution < -0.4 is 0 Å². The zero-order valence-corrected chi connectivity index (χ0v) is 7.82. The van der Waals surface area contributed by atoms with Gasteiger partial charge in [0, 0.05) is 25.2 Å². The summed E-state index contributed by atoms with van der Waals surface area (Å²) in [5.41, 5.74) is 0. The van der Waals surface area contributed by atoms with Crippen LogP contribution >= 0.6 is 0 Å². The van der Waals surface area contributed by atoms with Crippen LogP contribution in [0.2, 0.25) is 0 Å². The molecule has 4 nitrogen and oxygen atoms in total. The predicted molar refractivity (Wildman–Crippen MR) is 46.4 cm³/mol. The number of Topliss-reactive ketones (excluding diaryl/α,β-unsaturated/α-hetero) is 2. The Hall–Kier alpha value is -1.19. The third-order valence-corrected chi connectivity index (χ3v) is 2.97. The van der Waals surface area contributed by atoms with Crippen molar-refractivity contribution in [1.82, 2.24) is 0 Å². The first-order valence-electron chi connectivity index (χ1n) is 4.89. The van der Waals surface area contributed by atoms with E-state index in [1.807, 2.05) is 0 Å². The molecule has 2 atom stereocenters. The molecule has 0 bridgehead atoms. The van der Waals surface area contributed by atoms with Crippen molar-refractivity contribution < 1.29 is 19.1 Å². The highest BCUT2D eigenvalue weighted by molar-refractivity contribution is 5.97. The Morgan fingerprint density at radius 2 is 1.86 bits per heavy atom. The first kappa shape index (κ1) is 9.37. The maximum atomic E-state index is 11.5. The predicted octanol–water partition coefficient (Wildman–Crippen LogP) is 0.488. The average molecular weight is 196 g/mol. The van der Waals surface area contributed by atoms with Crippen molar-refractivity contribution >= 4 is 17.5 Å². The highest BCUT2D eigenvalue weighted by Gasteiger charge is 2.40. The van der Waals surface area contributed by atoms with E-state index in [9.17, 15) is 14.4 Å². The Kier molecular flexibility index (Phi) is 2.35. The molecule has 2 fully saturated rings. The molecular weight excluding hydrogens is 184 g/mol. The van der Waals surface area contributed by atoms with E-state index < -0.39 is 5.92 Å². The van der Waals surface area contributed by atoms with Crippen LogP contribution in [0.1, 0.15) is 25.7 Å². The summed E-state index contributed by atoms with van der Waals surface area (Å²) in [6.45, 7) is 0.390. The molecular formula is C10H12O4. The molecule has 4 heteroatoms. The van der Waals surface area contributed by atoms with Gasteiger partial charge >= 0.3 is 5.97 Å². The fraction of sp³-hybridized carbons (Fsp3) is 0.700. The Balaban J connectivity index is 2.11. The van der Waals surface area contributed by atoms with Crippen LogP contribution in [0.4, 0.5) is 0 Å². The van der Waals surface area contributed by atoms with Crippen molar-refractivity contribution in [1.29, 1.82) is 0 Å². The minimum Gasteiger partial charge on any atom is -0.465 e. The number of hydrogen-bond donors (Lipinski definition) is 0. The molecule has 1 saturated carbocycles. The van der Waals surface area contributed by atoms with E-state index >= 15 is 0 Å². The van der Waals surface area contributed by atoms with Crippen molar-refractivity contribution in [2.75, 3.05) is 6.61 Å². The normalized spacial score (nSPS) is 33.3. The largest absolute Gasteiger partial charge is 0.465 e. The molecule has 0 aromatic rings. The van der Waals surface area contributed by atoms with Gasteiger partial charge in [-0.05, 0) is 6.42 Å². The quantitative estimate of drug-likeness (QED) is 0.572. The van der Waals surface area contributed by atoms with Gasteiger partial charge in [-0.1, -0.05) is 0 Å². The minimum absolute atomic E-state index is 0.0495. The Labute approximate surface area is 81.6 Å². The van der Waals surface area contributed by atoms with E-state index in [2.05, 4.69) is 0 Å². The highest BCUT2D eigenvalue weighted by Crippen LogP contribution is 2.31. The van der Waals surface area contributed by atoms with Crippen LogP contribution in [-0.2, 0) is 19.1 Å². The molecule has 0 aromatic carbocycles. The number of esters is 1. The van der Waals surface area contributed by atoms with Crippen LogP contribution in [0.25, 0.3) is 0 Å². The summed E-state index contributed by atoms with van der Waals surface area (Å²) in [6, 6.07) is 0. The van der Waals surface area contributed by atoms with Crippen LogP contribution in [0, 0.1) is 11.8 Å². The second-order valence-electron chi connectivity index (χ2n) is 3.88. The first-order valence-corrected chi connectivity index (χ1v) is 4.89. The summed E-state index contributed by atoms with van der Waals surface area (Å²) in [5.74, 6) is -0.918. The van der Waals surface area contributed by atoms with Crippen molar-refractivity contribution in [3.8, 4) is 0 Å². The second-order valence-corrected chi connectivity index (χ2v) is 3.88. The molecule has 0 aromatic heterocycles. The summed E-state index contributed by atoms with van der Waals surface area (Å²) in [7, 11) is 0. The van der Waals surface area contributed by atoms with Gasteiger partial charge in [0.05, 0.1) is 12.5 Å². The lowest BCUT2D eigenvalue weighted by molar-refractivity contribution is -0.146. The molecule has 2 aliphatic rings. The SMILES string of the molecule is O=C1CCC(=O)C(C2CCOC2=O)C1. The van der Waals surface area contributed by atoms with Gasteiger partial charge in [0.1, 0.15) is 11.6 Å². The Bertz CT molecular complexity index is 294. The maximum absolute atomic E-state index is 11.5. The van der Waals surface area contributed by atoms with Gasteiger partial charge in [-0.25, -0.2) is 0 Å². The first-order chi connectivity index (χ1) is 6.68. The summed E-state index contributed by atoms with van der Waals surface area (Å²) >= 11 is 0. The lowest BCUT2D eigenvalue weighted by Crippen LogP contribution is -2.33. The van der Waals surface area contributed by atoms with Gasteiger partial charge in [-0.3, -0.25) is 14.4 Å². The number of cyclic esters (lactones) is 1. The number of rotatable bonds is 1. The second kappa shape index (κ2) is 3.52. The average Bonchev–Trinajstić information content (AvgIpc) is 2.56. The van der Waals surface area contributed by atoms with Crippen LogP contribution in [0.5, 0.6) is 0 Å². The molecule has 1 heterocycles. The lowest BCUT2D eigenvalue weighted by Gasteiger charge is -2.22. The number of carbonyl (C=O) groups excluding carboxylic acids is 3. The number of hydrogen-bond acceptors (Lipinski definition) is 4. The molecule has 76 valence electrons. The van der Waals surface area contributed by atoms with Gasteiger partial charge in [0.2, 0.25) is 0 Å². The molecule has 0 radical (unpaired) electrons. The Morgan fingerprint density at radius 1 is 1.07 bits per heavy atom. The topological polar surface area (TPSA) is 60.4 Å². The van der Waals surface area contributed by atoms with Crippen molar-refractivity contribution in [3.63, 3.8) is 0 Å². The maximum Gasteiger partial charge on any atom is 0.309 e.